The van der Waals surface area contributed by atoms with Gasteiger partial charge in [0.15, 0.2) is 0 Å². The van der Waals surface area contributed by atoms with Gasteiger partial charge in [0.2, 0.25) is 0 Å². The summed E-state index contributed by atoms with van der Waals surface area (Å²) in [5, 5.41) is 12.0. The number of hydrogen-bond acceptors (Lipinski definition) is 3. The van der Waals surface area contributed by atoms with Gasteiger partial charge in [0, 0.05) is 30.8 Å². The molecule has 2 aliphatic rings. The number of Topliss-reactive ketones (excluding diaryl/α,β-unsaturated/α-hetero) is 1. The fraction of sp³-hybridized carbons (Fsp3) is 0.846. The fourth-order valence-electron chi connectivity index (χ4n) is 3.07. The highest BCUT2D eigenvalue weighted by Gasteiger charge is 2.33. The molecule has 0 aromatic rings. The second kappa shape index (κ2) is 5.45. The van der Waals surface area contributed by atoms with Gasteiger partial charge in [0.25, 0.3) is 0 Å². The van der Waals surface area contributed by atoms with E-state index in [-0.39, 0.29) is 5.92 Å². The number of nitrogens with zero attached hydrogens (tertiary/aromatic N) is 1. The summed E-state index contributed by atoms with van der Waals surface area (Å²) in [5.74, 6) is 0.670. The minimum absolute atomic E-state index is 0.273. The van der Waals surface area contributed by atoms with Gasteiger partial charge in [0.05, 0.1) is 6.07 Å². The van der Waals surface area contributed by atoms with Crippen LogP contribution in [0.3, 0.4) is 0 Å². The largest absolute Gasteiger partial charge is 0.311 e. The van der Waals surface area contributed by atoms with Crippen molar-refractivity contribution in [2.24, 2.45) is 5.92 Å². The lowest BCUT2D eigenvalue weighted by molar-refractivity contribution is -0.124. The smallest absolute Gasteiger partial charge is 0.136 e. The molecule has 0 aromatic carbocycles. The molecule has 16 heavy (non-hydrogen) atoms. The lowest BCUT2D eigenvalue weighted by Crippen LogP contribution is -2.50. The third kappa shape index (κ3) is 2.82. The molecule has 1 N–H and O–H groups in total. The summed E-state index contributed by atoms with van der Waals surface area (Å²) < 4.78 is 0. The average molecular weight is 220 g/mol. The van der Waals surface area contributed by atoms with Crippen molar-refractivity contribution in [1.82, 2.24) is 5.32 Å². The molecule has 88 valence electrons. The Morgan fingerprint density at radius 3 is 2.62 bits per heavy atom. The first-order chi connectivity index (χ1) is 7.79. The molecule has 0 amide bonds. The molecule has 3 nitrogen and oxygen atoms in total. The van der Waals surface area contributed by atoms with E-state index in [1.807, 2.05) is 0 Å². The van der Waals surface area contributed by atoms with Crippen LogP contribution < -0.4 is 5.32 Å². The molecular formula is C13H20N2O. The van der Waals surface area contributed by atoms with Crippen molar-refractivity contribution in [2.75, 3.05) is 0 Å². The summed E-state index contributed by atoms with van der Waals surface area (Å²) in [6.45, 7) is 0. The number of carbonyl (C=O) groups is 1. The normalized spacial score (nSPS) is 33.1. The summed E-state index contributed by atoms with van der Waals surface area (Å²) in [6, 6.07) is 3.26. The first-order valence-electron chi connectivity index (χ1n) is 6.45. The van der Waals surface area contributed by atoms with Gasteiger partial charge < -0.3 is 5.32 Å². The number of nitrogens with one attached hydrogen (secondary N) is 1. The van der Waals surface area contributed by atoms with Crippen LogP contribution in [0.4, 0.5) is 0 Å². The Balaban J connectivity index is 1.81. The monoisotopic (exact) mass is 220 g/mol. The minimum atomic E-state index is 0.273. The highest BCUT2D eigenvalue weighted by atomic mass is 16.1. The molecule has 2 fully saturated rings. The van der Waals surface area contributed by atoms with Crippen LogP contribution in [0, 0.1) is 17.2 Å². The van der Waals surface area contributed by atoms with Crippen LogP contribution in [0.2, 0.25) is 0 Å². The van der Waals surface area contributed by atoms with Gasteiger partial charge in [-0.15, -0.1) is 0 Å². The van der Waals surface area contributed by atoms with Crippen molar-refractivity contribution in [2.45, 2.75) is 63.5 Å². The van der Waals surface area contributed by atoms with Gasteiger partial charge >= 0.3 is 0 Å². The number of carbonyl (C=O) groups excluding carboxylic acids is 1. The zero-order valence-corrected chi connectivity index (χ0v) is 9.74. The van der Waals surface area contributed by atoms with Crippen LogP contribution in [-0.2, 0) is 4.79 Å². The number of rotatable bonds is 4. The number of hydrogen-bond donors (Lipinski definition) is 1. The average Bonchev–Trinajstić information content (AvgIpc) is 2.28. The van der Waals surface area contributed by atoms with Gasteiger partial charge in [-0.05, 0) is 32.1 Å². The van der Waals surface area contributed by atoms with E-state index in [9.17, 15) is 4.79 Å². The van der Waals surface area contributed by atoms with E-state index >= 15 is 0 Å². The number of ketones is 1. The molecular weight excluding hydrogens is 200 g/mol. The molecule has 0 spiro atoms. The number of nitriles is 1. The SMILES string of the molecule is N#CCCCC(=O)C1CC2CCCC(C1)N2. The van der Waals surface area contributed by atoms with E-state index < -0.39 is 0 Å². The molecule has 0 aliphatic carbocycles. The lowest BCUT2D eigenvalue weighted by Gasteiger charge is -2.39. The topological polar surface area (TPSA) is 52.9 Å². The lowest BCUT2D eigenvalue weighted by atomic mass is 9.78. The highest BCUT2D eigenvalue weighted by molar-refractivity contribution is 5.81. The number of unbranched alkanes of at least 4 members (excludes halogenated alkanes) is 1. The maximum absolute atomic E-state index is 12.0. The highest BCUT2D eigenvalue weighted by Crippen LogP contribution is 2.30. The minimum Gasteiger partial charge on any atom is -0.311 e. The van der Waals surface area contributed by atoms with Gasteiger partial charge in [-0.2, -0.15) is 5.26 Å². The summed E-state index contributed by atoms with van der Waals surface area (Å²) in [7, 11) is 0. The van der Waals surface area contributed by atoms with Crippen LogP contribution >= 0.6 is 0 Å². The van der Waals surface area contributed by atoms with Gasteiger partial charge in [-0.3, -0.25) is 4.79 Å². The molecule has 2 aliphatic heterocycles. The fourth-order valence-corrected chi connectivity index (χ4v) is 3.07. The van der Waals surface area contributed by atoms with Crippen LogP contribution in [0.1, 0.15) is 51.4 Å². The van der Waals surface area contributed by atoms with E-state index in [1.165, 1.54) is 19.3 Å². The third-order valence-corrected chi connectivity index (χ3v) is 3.88. The number of piperidine rings is 2. The van der Waals surface area contributed by atoms with E-state index in [2.05, 4.69) is 11.4 Å². The molecule has 2 heterocycles. The molecule has 2 atom stereocenters. The third-order valence-electron chi connectivity index (χ3n) is 3.88. The van der Waals surface area contributed by atoms with Crippen molar-refractivity contribution in [1.29, 1.82) is 5.26 Å². The Bertz CT molecular complexity index is 283. The van der Waals surface area contributed by atoms with Crippen molar-refractivity contribution in [3.05, 3.63) is 0 Å². The second-order valence-corrected chi connectivity index (χ2v) is 5.14. The molecule has 0 radical (unpaired) electrons. The Kier molecular flexibility index (Phi) is 3.95. The van der Waals surface area contributed by atoms with Crippen LogP contribution in [-0.4, -0.2) is 17.9 Å². The summed E-state index contributed by atoms with van der Waals surface area (Å²) in [4.78, 5) is 12.0. The predicted molar refractivity (Wildman–Crippen MR) is 61.8 cm³/mol. The van der Waals surface area contributed by atoms with E-state index in [0.717, 1.165) is 19.3 Å². The van der Waals surface area contributed by atoms with Crippen molar-refractivity contribution >= 4 is 5.78 Å². The molecule has 2 rings (SSSR count). The van der Waals surface area contributed by atoms with Crippen molar-refractivity contribution in [3.8, 4) is 6.07 Å². The van der Waals surface area contributed by atoms with Gasteiger partial charge in [0.1, 0.15) is 5.78 Å². The first-order valence-corrected chi connectivity index (χ1v) is 6.45. The van der Waals surface area contributed by atoms with Crippen LogP contribution in [0.25, 0.3) is 0 Å². The molecule has 0 aromatic heterocycles. The Morgan fingerprint density at radius 1 is 1.31 bits per heavy atom. The molecule has 3 heteroatoms. The standard InChI is InChI=1S/C13H20N2O/c14-7-2-1-6-13(16)10-8-11-4-3-5-12(9-10)15-11/h10-12,15H,1-6,8-9H2. The van der Waals surface area contributed by atoms with Crippen molar-refractivity contribution < 1.29 is 4.79 Å². The Labute approximate surface area is 97.2 Å². The Morgan fingerprint density at radius 2 is 2.00 bits per heavy atom. The van der Waals surface area contributed by atoms with Gasteiger partial charge in [-0.1, -0.05) is 6.42 Å². The first kappa shape index (κ1) is 11.6. The van der Waals surface area contributed by atoms with Crippen molar-refractivity contribution in [3.63, 3.8) is 0 Å². The summed E-state index contributed by atoms with van der Waals surface area (Å²) >= 11 is 0. The molecule has 0 saturated carbocycles. The zero-order chi connectivity index (χ0) is 11.4. The molecule has 2 unspecified atom stereocenters. The zero-order valence-electron chi connectivity index (χ0n) is 9.74. The summed E-state index contributed by atoms with van der Waals surface area (Å²) in [6.07, 6.45) is 7.72. The van der Waals surface area contributed by atoms with Crippen LogP contribution in [0.5, 0.6) is 0 Å². The molecule has 2 saturated heterocycles. The predicted octanol–water partition coefficient (Wildman–Crippen LogP) is 2.17. The van der Waals surface area contributed by atoms with E-state index in [0.29, 0.717) is 30.7 Å². The maximum Gasteiger partial charge on any atom is 0.136 e. The molecule has 2 bridgehead atoms. The quantitative estimate of drug-likeness (QED) is 0.739. The van der Waals surface area contributed by atoms with E-state index in [4.69, 9.17) is 5.26 Å². The summed E-state index contributed by atoms with van der Waals surface area (Å²) in [5.41, 5.74) is 0. The Hall–Kier alpha value is -0.880. The van der Waals surface area contributed by atoms with Crippen LogP contribution in [0.15, 0.2) is 0 Å². The van der Waals surface area contributed by atoms with Gasteiger partial charge in [-0.25, -0.2) is 0 Å². The van der Waals surface area contributed by atoms with E-state index in [1.54, 1.807) is 0 Å². The maximum atomic E-state index is 12.0. The number of fused-ring (bicyclic) bond motifs is 2. The second-order valence-electron chi connectivity index (χ2n) is 5.14.